The second-order valence-corrected chi connectivity index (χ2v) is 5.08. The molecule has 7 heteroatoms. The van der Waals surface area contributed by atoms with Crippen LogP contribution in [0.5, 0.6) is 0 Å². The van der Waals surface area contributed by atoms with E-state index >= 15 is 0 Å². The van der Waals surface area contributed by atoms with Gasteiger partial charge in [-0.2, -0.15) is 9.61 Å². The van der Waals surface area contributed by atoms with Crippen LogP contribution in [0.3, 0.4) is 0 Å². The Bertz CT molecular complexity index is 597. The fourth-order valence-corrected chi connectivity index (χ4v) is 1.36. The summed E-state index contributed by atoms with van der Waals surface area (Å²) < 4.78 is 1.24. The van der Waals surface area contributed by atoms with E-state index in [4.69, 9.17) is 0 Å². The van der Waals surface area contributed by atoms with Crippen molar-refractivity contribution in [3.63, 3.8) is 0 Å². The lowest BCUT2D eigenvalue weighted by molar-refractivity contribution is 0.210. The summed E-state index contributed by atoms with van der Waals surface area (Å²) in [6.07, 6.45) is 0. The summed E-state index contributed by atoms with van der Waals surface area (Å²) in [5, 5.41) is 13.6. The molecule has 0 bridgehead atoms. The maximum Gasteiger partial charge on any atom is 0.364 e. The molecule has 0 unspecified atom stereocenters. The van der Waals surface area contributed by atoms with Crippen molar-refractivity contribution in [2.24, 2.45) is 0 Å². The lowest BCUT2D eigenvalue weighted by Crippen LogP contribution is -2.44. The fourth-order valence-electron chi connectivity index (χ4n) is 1.36. The van der Waals surface area contributed by atoms with E-state index < -0.39 is 0 Å². The van der Waals surface area contributed by atoms with Crippen LogP contribution < -0.4 is 11.0 Å². The number of likely N-dealkylation sites (N-methyl/N-ethyl adjacent to an activating group) is 1. The highest BCUT2D eigenvalue weighted by atomic mass is 16.2. The highest BCUT2D eigenvalue weighted by Gasteiger charge is 2.20. The Morgan fingerprint density at radius 2 is 2.17 bits per heavy atom. The Balaban J connectivity index is 2.17. The van der Waals surface area contributed by atoms with Gasteiger partial charge in [-0.3, -0.25) is 0 Å². The first kappa shape index (κ1) is 12.6. The molecular weight excluding hydrogens is 232 g/mol. The van der Waals surface area contributed by atoms with Crippen LogP contribution in [0.4, 0.5) is 5.82 Å². The van der Waals surface area contributed by atoms with Crippen molar-refractivity contribution >= 4 is 11.5 Å². The number of hydrogen-bond acceptors (Lipinski definition) is 5. The van der Waals surface area contributed by atoms with Gasteiger partial charge in [0.2, 0.25) is 0 Å². The van der Waals surface area contributed by atoms with Gasteiger partial charge in [0.05, 0.1) is 0 Å². The molecule has 0 amide bonds. The average molecular weight is 250 g/mol. The molecule has 98 valence electrons. The predicted molar refractivity (Wildman–Crippen MR) is 69.9 cm³/mol. The van der Waals surface area contributed by atoms with Crippen molar-refractivity contribution in [3.8, 4) is 0 Å². The molecule has 0 atom stereocenters. The van der Waals surface area contributed by atoms with Crippen LogP contribution in [0, 0.1) is 0 Å². The van der Waals surface area contributed by atoms with E-state index in [1.165, 1.54) is 4.52 Å². The number of anilines is 1. The zero-order chi connectivity index (χ0) is 13.3. The standard InChI is InChI=1S/C11H18N6O/c1-11(2,16(3)4)7-12-8-5-6-9-13-14-10(18)17(9)15-8/h5-6H,7H2,1-4H3,(H,12,15)(H,14,18). The molecule has 2 aromatic heterocycles. The van der Waals surface area contributed by atoms with Gasteiger partial charge in [0, 0.05) is 12.1 Å². The predicted octanol–water partition coefficient (Wildman–Crippen LogP) is 0.170. The van der Waals surface area contributed by atoms with Crippen molar-refractivity contribution in [1.29, 1.82) is 0 Å². The average Bonchev–Trinajstić information content (AvgIpc) is 2.68. The highest BCUT2D eigenvalue weighted by Crippen LogP contribution is 2.11. The second-order valence-electron chi connectivity index (χ2n) is 5.08. The van der Waals surface area contributed by atoms with Crippen molar-refractivity contribution in [3.05, 3.63) is 22.6 Å². The number of fused-ring (bicyclic) bond motifs is 1. The van der Waals surface area contributed by atoms with Gasteiger partial charge in [0.1, 0.15) is 5.82 Å². The molecule has 0 spiro atoms. The largest absolute Gasteiger partial charge is 0.367 e. The molecule has 0 aliphatic heterocycles. The summed E-state index contributed by atoms with van der Waals surface area (Å²) in [6, 6.07) is 3.55. The molecule has 18 heavy (non-hydrogen) atoms. The molecule has 0 radical (unpaired) electrons. The number of aromatic nitrogens is 4. The van der Waals surface area contributed by atoms with E-state index in [1.807, 2.05) is 14.1 Å². The normalized spacial score (nSPS) is 12.3. The maximum atomic E-state index is 11.4. The van der Waals surface area contributed by atoms with E-state index in [0.717, 1.165) is 6.54 Å². The summed E-state index contributed by atoms with van der Waals surface area (Å²) in [6.45, 7) is 4.98. The van der Waals surface area contributed by atoms with Crippen LogP contribution in [-0.2, 0) is 0 Å². The summed E-state index contributed by atoms with van der Waals surface area (Å²) in [4.78, 5) is 13.5. The maximum absolute atomic E-state index is 11.4. The first-order valence-corrected chi connectivity index (χ1v) is 5.76. The van der Waals surface area contributed by atoms with Gasteiger partial charge < -0.3 is 10.2 Å². The van der Waals surface area contributed by atoms with Gasteiger partial charge in [-0.15, -0.1) is 5.10 Å². The Hall–Kier alpha value is -1.89. The minimum Gasteiger partial charge on any atom is -0.367 e. The smallest absolute Gasteiger partial charge is 0.364 e. The van der Waals surface area contributed by atoms with Crippen LogP contribution in [0.15, 0.2) is 16.9 Å². The van der Waals surface area contributed by atoms with Crippen LogP contribution >= 0.6 is 0 Å². The number of rotatable bonds is 4. The SMILES string of the molecule is CN(C)C(C)(C)CNc1ccc2n[nH]c(=O)n2n1. The van der Waals surface area contributed by atoms with E-state index in [2.05, 4.69) is 39.4 Å². The van der Waals surface area contributed by atoms with Gasteiger partial charge in [0.25, 0.3) is 0 Å². The third kappa shape index (κ3) is 2.35. The van der Waals surface area contributed by atoms with E-state index in [0.29, 0.717) is 11.5 Å². The van der Waals surface area contributed by atoms with Gasteiger partial charge in [-0.1, -0.05) is 0 Å². The Morgan fingerprint density at radius 3 is 2.83 bits per heavy atom. The molecule has 0 aromatic carbocycles. The minimum atomic E-state index is -0.333. The number of H-pyrrole nitrogens is 1. The van der Waals surface area contributed by atoms with Crippen LogP contribution in [0.1, 0.15) is 13.8 Å². The molecule has 2 heterocycles. The lowest BCUT2D eigenvalue weighted by Gasteiger charge is -2.32. The van der Waals surface area contributed by atoms with Crippen LogP contribution in [-0.4, -0.2) is 50.9 Å². The van der Waals surface area contributed by atoms with Crippen molar-refractivity contribution in [1.82, 2.24) is 24.7 Å². The summed E-state index contributed by atoms with van der Waals surface area (Å²) in [5.74, 6) is 0.654. The van der Waals surface area contributed by atoms with E-state index in [1.54, 1.807) is 12.1 Å². The fraction of sp³-hybridized carbons (Fsp3) is 0.545. The molecule has 7 nitrogen and oxygen atoms in total. The number of nitrogens with one attached hydrogen (secondary N) is 2. The molecule has 0 fully saturated rings. The van der Waals surface area contributed by atoms with Crippen LogP contribution in [0.2, 0.25) is 0 Å². The molecular formula is C11H18N6O. The lowest BCUT2D eigenvalue weighted by atomic mass is 10.0. The zero-order valence-corrected chi connectivity index (χ0v) is 11.1. The first-order valence-electron chi connectivity index (χ1n) is 5.76. The molecule has 0 aliphatic rings. The third-order valence-electron chi connectivity index (χ3n) is 3.19. The number of aromatic amines is 1. The van der Waals surface area contributed by atoms with E-state index in [-0.39, 0.29) is 11.2 Å². The van der Waals surface area contributed by atoms with Crippen molar-refractivity contribution < 1.29 is 0 Å². The molecule has 0 aliphatic carbocycles. The monoisotopic (exact) mass is 250 g/mol. The number of nitrogens with zero attached hydrogens (tertiary/aromatic N) is 4. The quantitative estimate of drug-likeness (QED) is 0.808. The third-order valence-corrected chi connectivity index (χ3v) is 3.19. The molecule has 2 rings (SSSR count). The van der Waals surface area contributed by atoms with E-state index in [9.17, 15) is 4.79 Å². The molecule has 2 N–H and O–H groups in total. The zero-order valence-electron chi connectivity index (χ0n) is 11.1. The molecule has 0 saturated carbocycles. The first-order chi connectivity index (χ1) is 8.40. The van der Waals surface area contributed by atoms with Gasteiger partial charge in [-0.25, -0.2) is 9.89 Å². The minimum absolute atomic E-state index is 0.00199. The van der Waals surface area contributed by atoms with Gasteiger partial charge in [0.15, 0.2) is 5.65 Å². The summed E-state index contributed by atoms with van der Waals surface area (Å²) in [7, 11) is 4.05. The van der Waals surface area contributed by atoms with Gasteiger partial charge in [-0.05, 0) is 40.1 Å². The summed E-state index contributed by atoms with van der Waals surface area (Å²) in [5.41, 5.74) is 0.177. The van der Waals surface area contributed by atoms with Crippen LogP contribution in [0.25, 0.3) is 5.65 Å². The molecule has 2 aromatic rings. The Labute approximate surface area is 105 Å². The van der Waals surface area contributed by atoms with Crippen molar-refractivity contribution in [2.75, 3.05) is 26.0 Å². The second kappa shape index (κ2) is 4.41. The number of hydrogen-bond donors (Lipinski definition) is 2. The Morgan fingerprint density at radius 1 is 1.44 bits per heavy atom. The summed E-state index contributed by atoms with van der Waals surface area (Å²) >= 11 is 0. The highest BCUT2D eigenvalue weighted by molar-refractivity contribution is 5.43. The molecule has 0 saturated heterocycles. The Kier molecular flexibility index (Phi) is 3.08. The topological polar surface area (TPSA) is 78.3 Å². The van der Waals surface area contributed by atoms with Gasteiger partial charge >= 0.3 is 5.69 Å². The van der Waals surface area contributed by atoms with Crippen molar-refractivity contribution in [2.45, 2.75) is 19.4 Å².